The van der Waals surface area contributed by atoms with Gasteiger partial charge in [0.25, 0.3) is 0 Å². The molecular weight excluding hydrogens is 282 g/mol. The number of aromatic amines is 1. The normalized spacial score (nSPS) is 10.5. The summed E-state index contributed by atoms with van der Waals surface area (Å²) in [5.41, 5.74) is 1.63. The molecule has 0 aliphatic heterocycles. The molecule has 0 amide bonds. The standard InChI is InChI=1S/C17H13NO4/c19-9-15-16(17(20)21)13-8-12(6-7-14(13)18-15)22-10-11-4-2-1-3-5-11/h1-9,18H,10H2,(H,20,21). The average molecular weight is 295 g/mol. The highest BCUT2D eigenvalue weighted by Crippen LogP contribution is 2.26. The molecule has 5 heteroatoms. The number of carbonyl (C=O) groups is 2. The van der Waals surface area contributed by atoms with E-state index >= 15 is 0 Å². The highest BCUT2D eigenvalue weighted by Gasteiger charge is 2.17. The minimum Gasteiger partial charge on any atom is -0.489 e. The van der Waals surface area contributed by atoms with E-state index in [2.05, 4.69) is 4.98 Å². The molecule has 3 rings (SSSR count). The van der Waals surface area contributed by atoms with Crippen molar-refractivity contribution in [2.45, 2.75) is 6.61 Å². The van der Waals surface area contributed by atoms with Crippen LogP contribution in [-0.4, -0.2) is 22.3 Å². The van der Waals surface area contributed by atoms with E-state index in [-0.39, 0.29) is 11.3 Å². The first-order chi connectivity index (χ1) is 10.7. The summed E-state index contributed by atoms with van der Waals surface area (Å²) >= 11 is 0. The Bertz CT molecular complexity index is 836. The van der Waals surface area contributed by atoms with E-state index < -0.39 is 5.97 Å². The zero-order chi connectivity index (χ0) is 15.5. The number of carboxylic acid groups (broad SMARTS) is 1. The van der Waals surface area contributed by atoms with Gasteiger partial charge in [0.15, 0.2) is 6.29 Å². The van der Waals surface area contributed by atoms with Crippen molar-refractivity contribution in [1.82, 2.24) is 4.98 Å². The van der Waals surface area contributed by atoms with Crippen molar-refractivity contribution in [3.8, 4) is 5.75 Å². The van der Waals surface area contributed by atoms with Crippen LogP contribution in [0.4, 0.5) is 0 Å². The highest BCUT2D eigenvalue weighted by atomic mass is 16.5. The second kappa shape index (κ2) is 5.73. The number of carbonyl (C=O) groups excluding carboxylic acids is 1. The van der Waals surface area contributed by atoms with Crippen LogP contribution in [0.1, 0.15) is 26.4 Å². The number of nitrogens with one attached hydrogen (secondary N) is 1. The molecule has 22 heavy (non-hydrogen) atoms. The first kappa shape index (κ1) is 13.9. The average Bonchev–Trinajstić information content (AvgIpc) is 2.91. The van der Waals surface area contributed by atoms with Crippen LogP contribution in [-0.2, 0) is 6.61 Å². The SMILES string of the molecule is O=Cc1[nH]c2ccc(OCc3ccccc3)cc2c1C(=O)O. The Balaban J connectivity index is 1.93. The second-order valence-electron chi connectivity index (χ2n) is 4.82. The van der Waals surface area contributed by atoms with Crippen molar-refractivity contribution in [2.75, 3.05) is 0 Å². The van der Waals surface area contributed by atoms with E-state index in [0.29, 0.717) is 29.5 Å². The van der Waals surface area contributed by atoms with Crippen LogP contribution in [0, 0.1) is 0 Å². The summed E-state index contributed by atoms with van der Waals surface area (Å²) in [7, 11) is 0. The molecule has 0 aliphatic rings. The van der Waals surface area contributed by atoms with Crippen LogP contribution in [0.3, 0.4) is 0 Å². The number of rotatable bonds is 5. The molecule has 0 unspecified atom stereocenters. The van der Waals surface area contributed by atoms with Gasteiger partial charge < -0.3 is 14.8 Å². The lowest BCUT2D eigenvalue weighted by atomic mass is 10.1. The van der Waals surface area contributed by atoms with Crippen molar-refractivity contribution in [2.24, 2.45) is 0 Å². The third kappa shape index (κ3) is 2.56. The van der Waals surface area contributed by atoms with Gasteiger partial charge in [0.2, 0.25) is 0 Å². The minimum atomic E-state index is -1.14. The summed E-state index contributed by atoms with van der Waals surface area (Å²) in [6.45, 7) is 0.389. The molecule has 1 heterocycles. The molecule has 0 radical (unpaired) electrons. The molecule has 3 aromatic rings. The van der Waals surface area contributed by atoms with Crippen LogP contribution >= 0.6 is 0 Å². The Morgan fingerprint density at radius 2 is 1.95 bits per heavy atom. The van der Waals surface area contributed by atoms with Gasteiger partial charge in [-0.3, -0.25) is 4.79 Å². The molecule has 0 saturated carbocycles. The van der Waals surface area contributed by atoms with Crippen LogP contribution in [0.25, 0.3) is 10.9 Å². The Hall–Kier alpha value is -3.08. The molecule has 0 saturated heterocycles. The predicted octanol–water partition coefficient (Wildman–Crippen LogP) is 3.26. The van der Waals surface area contributed by atoms with Gasteiger partial charge in [-0.05, 0) is 23.8 Å². The maximum Gasteiger partial charge on any atom is 0.338 e. The molecule has 5 nitrogen and oxygen atoms in total. The lowest BCUT2D eigenvalue weighted by Crippen LogP contribution is -1.99. The van der Waals surface area contributed by atoms with Crippen molar-refractivity contribution >= 4 is 23.2 Å². The van der Waals surface area contributed by atoms with E-state index in [1.807, 2.05) is 30.3 Å². The molecule has 0 bridgehead atoms. The molecule has 110 valence electrons. The second-order valence-corrected chi connectivity index (χ2v) is 4.82. The van der Waals surface area contributed by atoms with E-state index in [1.165, 1.54) is 0 Å². The van der Waals surface area contributed by atoms with Crippen molar-refractivity contribution in [3.63, 3.8) is 0 Å². The Labute approximate surface area is 126 Å². The fourth-order valence-electron chi connectivity index (χ4n) is 2.34. The maximum absolute atomic E-state index is 11.3. The van der Waals surface area contributed by atoms with Crippen molar-refractivity contribution < 1.29 is 19.4 Å². The number of aromatic nitrogens is 1. The van der Waals surface area contributed by atoms with Crippen LogP contribution in [0.2, 0.25) is 0 Å². The highest BCUT2D eigenvalue weighted by molar-refractivity contribution is 6.09. The molecule has 0 fully saturated rings. The number of benzene rings is 2. The van der Waals surface area contributed by atoms with Gasteiger partial charge in [0, 0.05) is 10.9 Å². The maximum atomic E-state index is 11.3. The molecule has 0 spiro atoms. The van der Waals surface area contributed by atoms with Crippen LogP contribution < -0.4 is 4.74 Å². The van der Waals surface area contributed by atoms with Crippen LogP contribution in [0.5, 0.6) is 5.75 Å². The molecule has 2 aromatic carbocycles. The summed E-state index contributed by atoms with van der Waals surface area (Å²) in [4.78, 5) is 25.1. The van der Waals surface area contributed by atoms with Gasteiger partial charge in [-0.1, -0.05) is 30.3 Å². The molecular formula is C17H13NO4. The monoisotopic (exact) mass is 295 g/mol. The number of fused-ring (bicyclic) bond motifs is 1. The van der Waals surface area contributed by atoms with E-state index in [4.69, 9.17) is 4.74 Å². The number of aromatic carboxylic acids is 1. The number of aldehydes is 1. The smallest absolute Gasteiger partial charge is 0.338 e. The molecule has 1 aromatic heterocycles. The van der Waals surface area contributed by atoms with Crippen molar-refractivity contribution in [3.05, 3.63) is 65.4 Å². The quantitative estimate of drug-likeness (QED) is 0.708. The largest absolute Gasteiger partial charge is 0.489 e. The summed E-state index contributed by atoms with van der Waals surface area (Å²) in [6, 6.07) is 14.7. The van der Waals surface area contributed by atoms with Gasteiger partial charge >= 0.3 is 5.97 Å². The van der Waals surface area contributed by atoms with Gasteiger partial charge in [-0.2, -0.15) is 0 Å². The topological polar surface area (TPSA) is 79.4 Å². The van der Waals surface area contributed by atoms with Gasteiger partial charge in [0.1, 0.15) is 12.4 Å². The number of hydrogen-bond donors (Lipinski definition) is 2. The predicted molar refractivity (Wildman–Crippen MR) is 81.4 cm³/mol. The number of hydrogen-bond acceptors (Lipinski definition) is 3. The summed E-state index contributed by atoms with van der Waals surface area (Å²) in [5.74, 6) is -0.594. The molecule has 0 aliphatic carbocycles. The van der Waals surface area contributed by atoms with Gasteiger partial charge in [0.05, 0.1) is 11.3 Å². The first-order valence-electron chi connectivity index (χ1n) is 6.70. The van der Waals surface area contributed by atoms with Gasteiger partial charge in [-0.25, -0.2) is 4.79 Å². The summed E-state index contributed by atoms with van der Waals surface area (Å²) in [6.07, 6.45) is 0.508. The van der Waals surface area contributed by atoms with Crippen molar-refractivity contribution in [1.29, 1.82) is 0 Å². The van der Waals surface area contributed by atoms with E-state index in [0.717, 1.165) is 5.56 Å². The number of ether oxygens (including phenoxy) is 1. The lowest BCUT2D eigenvalue weighted by molar-refractivity contribution is 0.0696. The zero-order valence-corrected chi connectivity index (χ0v) is 11.6. The third-order valence-electron chi connectivity index (χ3n) is 3.38. The fraction of sp³-hybridized carbons (Fsp3) is 0.0588. The Morgan fingerprint density at radius 3 is 2.64 bits per heavy atom. The first-order valence-corrected chi connectivity index (χ1v) is 6.70. The summed E-state index contributed by atoms with van der Waals surface area (Å²) < 4.78 is 5.68. The van der Waals surface area contributed by atoms with Crippen LogP contribution in [0.15, 0.2) is 48.5 Å². The fourth-order valence-corrected chi connectivity index (χ4v) is 2.34. The number of carboxylic acids is 1. The number of H-pyrrole nitrogens is 1. The van der Waals surface area contributed by atoms with E-state index in [1.54, 1.807) is 18.2 Å². The van der Waals surface area contributed by atoms with Gasteiger partial charge in [-0.15, -0.1) is 0 Å². The lowest BCUT2D eigenvalue weighted by Gasteiger charge is -2.06. The zero-order valence-electron chi connectivity index (χ0n) is 11.6. The Kier molecular flexibility index (Phi) is 3.62. The molecule has 0 atom stereocenters. The molecule has 2 N–H and O–H groups in total. The minimum absolute atomic E-state index is 0.0323. The van der Waals surface area contributed by atoms with E-state index in [9.17, 15) is 14.7 Å². The third-order valence-corrected chi connectivity index (χ3v) is 3.38. The summed E-state index contributed by atoms with van der Waals surface area (Å²) in [5, 5.41) is 9.72. The Morgan fingerprint density at radius 1 is 1.18 bits per heavy atom.